The van der Waals surface area contributed by atoms with Crippen LogP contribution in [0.4, 0.5) is 0 Å². The first kappa shape index (κ1) is 13.2. The highest BCUT2D eigenvalue weighted by molar-refractivity contribution is 5.21. The summed E-state index contributed by atoms with van der Waals surface area (Å²) in [5.41, 5.74) is 2.77. The SMILES string of the molecule is Cc1ccc(CCN(C)CCN(C)C)cc1. The van der Waals surface area contributed by atoms with Crippen LogP contribution in [0.15, 0.2) is 24.3 Å². The Morgan fingerprint density at radius 3 is 2.06 bits per heavy atom. The van der Waals surface area contributed by atoms with E-state index in [1.54, 1.807) is 0 Å². The summed E-state index contributed by atoms with van der Waals surface area (Å²) in [5, 5.41) is 0. The highest BCUT2D eigenvalue weighted by Gasteiger charge is 2.00. The molecule has 1 rings (SSSR count). The first-order chi connectivity index (χ1) is 7.58. The van der Waals surface area contributed by atoms with E-state index >= 15 is 0 Å². The Morgan fingerprint density at radius 1 is 0.875 bits per heavy atom. The van der Waals surface area contributed by atoms with Crippen molar-refractivity contribution in [3.8, 4) is 0 Å². The van der Waals surface area contributed by atoms with Crippen LogP contribution in [0.25, 0.3) is 0 Å². The van der Waals surface area contributed by atoms with Crippen LogP contribution in [-0.2, 0) is 6.42 Å². The Hall–Kier alpha value is -0.860. The normalized spacial score (nSPS) is 11.4. The number of likely N-dealkylation sites (N-methyl/N-ethyl adjacent to an activating group) is 2. The second-order valence-corrected chi connectivity index (χ2v) is 4.84. The minimum Gasteiger partial charge on any atom is -0.308 e. The third kappa shape index (κ3) is 5.29. The summed E-state index contributed by atoms with van der Waals surface area (Å²) in [6.07, 6.45) is 1.14. The van der Waals surface area contributed by atoms with E-state index in [0.717, 1.165) is 26.1 Å². The van der Waals surface area contributed by atoms with Crippen molar-refractivity contribution >= 4 is 0 Å². The second kappa shape index (κ2) is 6.66. The zero-order chi connectivity index (χ0) is 12.0. The van der Waals surface area contributed by atoms with Crippen LogP contribution in [0.3, 0.4) is 0 Å². The van der Waals surface area contributed by atoms with E-state index in [0.29, 0.717) is 0 Å². The van der Waals surface area contributed by atoms with Gasteiger partial charge in [-0.3, -0.25) is 0 Å². The standard InChI is InChI=1S/C14H24N2/c1-13-5-7-14(8-6-13)9-10-16(4)12-11-15(2)3/h5-8H,9-12H2,1-4H3. The molecule has 0 aromatic heterocycles. The van der Waals surface area contributed by atoms with Crippen molar-refractivity contribution in [1.29, 1.82) is 0 Å². The smallest absolute Gasteiger partial charge is 0.0106 e. The van der Waals surface area contributed by atoms with Crippen molar-refractivity contribution < 1.29 is 0 Å². The molecule has 0 heterocycles. The van der Waals surface area contributed by atoms with Crippen LogP contribution >= 0.6 is 0 Å². The fraction of sp³-hybridized carbons (Fsp3) is 0.571. The van der Waals surface area contributed by atoms with Crippen LogP contribution in [0.5, 0.6) is 0 Å². The monoisotopic (exact) mass is 220 g/mol. The van der Waals surface area contributed by atoms with Gasteiger partial charge in [0.05, 0.1) is 0 Å². The van der Waals surface area contributed by atoms with E-state index in [1.165, 1.54) is 11.1 Å². The molecule has 0 fully saturated rings. The molecule has 90 valence electrons. The van der Waals surface area contributed by atoms with Crippen LogP contribution in [-0.4, -0.2) is 50.6 Å². The van der Waals surface area contributed by atoms with E-state index in [4.69, 9.17) is 0 Å². The number of benzene rings is 1. The van der Waals surface area contributed by atoms with Gasteiger partial charge in [-0.2, -0.15) is 0 Å². The zero-order valence-corrected chi connectivity index (χ0v) is 11.0. The minimum atomic E-state index is 1.13. The maximum atomic E-state index is 2.39. The molecular weight excluding hydrogens is 196 g/mol. The molecule has 2 heteroatoms. The summed E-state index contributed by atoms with van der Waals surface area (Å²) in [5.74, 6) is 0. The maximum Gasteiger partial charge on any atom is 0.0106 e. The summed E-state index contributed by atoms with van der Waals surface area (Å²) in [6, 6.07) is 8.84. The third-order valence-electron chi connectivity index (χ3n) is 2.83. The molecule has 0 radical (unpaired) electrons. The molecule has 0 spiro atoms. The van der Waals surface area contributed by atoms with Gasteiger partial charge in [-0.15, -0.1) is 0 Å². The van der Waals surface area contributed by atoms with Crippen LogP contribution in [0.2, 0.25) is 0 Å². The molecule has 2 nitrogen and oxygen atoms in total. The van der Waals surface area contributed by atoms with E-state index in [2.05, 4.69) is 62.1 Å². The Bertz CT molecular complexity index is 290. The van der Waals surface area contributed by atoms with Gasteiger partial charge >= 0.3 is 0 Å². The number of nitrogens with zero attached hydrogens (tertiary/aromatic N) is 2. The van der Waals surface area contributed by atoms with Gasteiger partial charge in [0.25, 0.3) is 0 Å². The Labute approximate surface area is 99.9 Å². The van der Waals surface area contributed by atoms with Crippen LogP contribution in [0, 0.1) is 6.92 Å². The fourth-order valence-electron chi connectivity index (χ4n) is 1.56. The van der Waals surface area contributed by atoms with E-state index in [-0.39, 0.29) is 0 Å². The molecule has 1 aromatic rings. The van der Waals surface area contributed by atoms with Crippen LogP contribution < -0.4 is 0 Å². The lowest BCUT2D eigenvalue weighted by Gasteiger charge is -2.19. The van der Waals surface area contributed by atoms with Crippen molar-refractivity contribution in [3.05, 3.63) is 35.4 Å². The average Bonchev–Trinajstić information content (AvgIpc) is 2.25. The summed E-state index contributed by atoms with van der Waals surface area (Å²) < 4.78 is 0. The van der Waals surface area contributed by atoms with E-state index in [1.807, 2.05) is 0 Å². The fourth-order valence-corrected chi connectivity index (χ4v) is 1.56. The highest BCUT2D eigenvalue weighted by atomic mass is 15.1. The zero-order valence-electron chi connectivity index (χ0n) is 11.0. The Morgan fingerprint density at radius 2 is 1.50 bits per heavy atom. The van der Waals surface area contributed by atoms with Gasteiger partial charge in [-0.1, -0.05) is 29.8 Å². The van der Waals surface area contributed by atoms with Crippen molar-refractivity contribution in [2.45, 2.75) is 13.3 Å². The predicted octanol–water partition coefficient (Wildman–Crippen LogP) is 2.03. The number of aryl methyl sites for hydroxylation is 1. The molecule has 0 saturated heterocycles. The Kier molecular flexibility index (Phi) is 5.50. The number of hydrogen-bond acceptors (Lipinski definition) is 2. The molecule has 0 saturated carbocycles. The first-order valence-electron chi connectivity index (χ1n) is 5.97. The predicted molar refractivity (Wildman–Crippen MR) is 70.9 cm³/mol. The van der Waals surface area contributed by atoms with Gasteiger partial charge in [-0.25, -0.2) is 0 Å². The molecule has 0 unspecified atom stereocenters. The molecule has 0 atom stereocenters. The molecule has 0 N–H and O–H groups in total. The quantitative estimate of drug-likeness (QED) is 0.724. The van der Waals surface area contributed by atoms with Crippen molar-refractivity contribution in [3.63, 3.8) is 0 Å². The molecule has 0 aliphatic heterocycles. The maximum absolute atomic E-state index is 2.39. The summed E-state index contributed by atoms with van der Waals surface area (Å²) in [4.78, 5) is 4.61. The molecule has 0 aliphatic carbocycles. The van der Waals surface area contributed by atoms with Crippen LogP contribution in [0.1, 0.15) is 11.1 Å². The average molecular weight is 220 g/mol. The van der Waals surface area contributed by atoms with E-state index in [9.17, 15) is 0 Å². The largest absolute Gasteiger partial charge is 0.308 e. The van der Waals surface area contributed by atoms with Gasteiger partial charge in [0.2, 0.25) is 0 Å². The van der Waals surface area contributed by atoms with Crippen molar-refractivity contribution in [1.82, 2.24) is 9.80 Å². The Balaban J connectivity index is 2.26. The summed E-state index contributed by atoms with van der Waals surface area (Å²) in [7, 11) is 6.43. The highest BCUT2D eigenvalue weighted by Crippen LogP contribution is 2.04. The second-order valence-electron chi connectivity index (χ2n) is 4.84. The van der Waals surface area contributed by atoms with Gasteiger partial charge in [0, 0.05) is 19.6 Å². The van der Waals surface area contributed by atoms with Gasteiger partial charge in [0.15, 0.2) is 0 Å². The summed E-state index contributed by atoms with van der Waals surface area (Å²) in [6.45, 7) is 5.53. The van der Waals surface area contributed by atoms with Crippen molar-refractivity contribution in [2.75, 3.05) is 40.8 Å². The third-order valence-corrected chi connectivity index (χ3v) is 2.83. The lowest BCUT2D eigenvalue weighted by molar-refractivity contribution is 0.284. The minimum absolute atomic E-state index is 1.13. The molecular formula is C14H24N2. The number of hydrogen-bond donors (Lipinski definition) is 0. The van der Waals surface area contributed by atoms with Gasteiger partial charge in [-0.05, 0) is 40.1 Å². The molecule has 1 aromatic carbocycles. The molecule has 0 aliphatic rings. The van der Waals surface area contributed by atoms with Gasteiger partial charge < -0.3 is 9.80 Å². The topological polar surface area (TPSA) is 6.48 Å². The lowest BCUT2D eigenvalue weighted by Crippen LogP contribution is -2.30. The number of rotatable bonds is 6. The molecule has 16 heavy (non-hydrogen) atoms. The first-order valence-corrected chi connectivity index (χ1v) is 5.97. The van der Waals surface area contributed by atoms with Gasteiger partial charge in [0.1, 0.15) is 0 Å². The van der Waals surface area contributed by atoms with Crippen molar-refractivity contribution in [2.24, 2.45) is 0 Å². The lowest BCUT2D eigenvalue weighted by atomic mass is 10.1. The summed E-state index contributed by atoms with van der Waals surface area (Å²) >= 11 is 0. The molecule has 0 bridgehead atoms. The van der Waals surface area contributed by atoms with E-state index < -0.39 is 0 Å². The molecule has 0 amide bonds.